The number of rotatable bonds is 6. The summed E-state index contributed by atoms with van der Waals surface area (Å²) < 4.78 is 9.53. The van der Waals surface area contributed by atoms with Crippen molar-refractivity contribution in [3.05, 3.63) is 41.1 Å². The molecule has 0 saturated heterocycles. The minimum atomic E-state index is -0.595. The lowest BCUT2D eigenvalue weighted by Crippen LogP contribution is -2.24. The van der Waals surface area contributed by atoms with Crippen LogP contribution in [0.4, 0.5) is 10.5 Å². The summed E-state index contributed by atoms with van der Waals surface area (Å²) in [6.07, 6.45) is 2.23. The molecule has 2 N–H and O–H groups in total. The van der Waals surface area contributed by atoms with Crippen LogP contribution < -0.4 is 10.6 Å². The molecule has 23 heavy (non-hydrogen) atoms. The molecule has 0 unspecified atom stereocenters. The van der Waals surface area contributed by atoms with E-state index in [-0.39, 0.29) is 23.8 Å². The molecule has 0 radical (unpaired) electrons. The standard InChI is InChI=1S/C15H17ClN2O5/c1-3-22-13(19)7-8-17-15(21)18-10-5-6-12(16)11(9-10)14(20)23-4-2/h5-9H,3-4H2,1-2H3,(H2,17,18,21)/b8-7+. The Balaban J connectivity index is 2.66. The maximum absolute atomic E-state index is 11.7. The van der Waals surface area contributed by atoms with Gasteiger partial charge >= 0.3 is 18.0 Å². The number of esters is 2. The van der Waals surface area contributed by atoms with E-state index < -0.39 is 18.0 Å². The first-order chi connectivity index (χ1) is 11.0. The van der Waals surface area contributed by atoms with E-state index in [1.165, 1.54) is 18.2 Å². The van der Waals surface area contributed by atoms with Gasteiger partial charge in [0.15, 0.2) is 0 Å². The van der Waals surface area contributed by atoms with Crippen molar-refractivity contribution in [2.24, 2.45) is 0 Å². The number of hydrogen-bond donors (Lipinski definition) is 2. The summed E-state index contributed by atoms with van der Waals surface area (Å²) in [5, 5.41) is 5.04. The zero-order chi connectivity index (χ0) is 17.2. The van der Waals surface area contributed by atoms with Gasteiger partial charge in [-0.2, -0.15) is 0 Å². The van der Waals surface area contributed by atoms with Gasteiger partial charge in [-0.3, -0.25) is 0 Å². The zero-order valence-corrected chi connectivity index (χ0v) is 13.5. The maximum Gasteiger partial charge on any atom is 0.339 e. The molecule has 0 atom stereocenters. The average Bonchev–Trinajstić information content (AvgIpc) is 2.49. The third kappa shape index (κ3) is 6.39. The summed E-state index contributed by atoms with van der Waals surface area (Å²) in [7, 11) is 0. The van der Waals surface area contributed by atoms with Gasteiger partial charge in [-0.15, -0.1) is 0 Å². The lowest BCUT2D eigenvalue weighted by molar-refractivity contribution is -0.137. The monoisotopic (exact) mass is 340 g/mol. The van der Waals surface area contributed by atoms with E-state index in [0.29, 0.717) is 5.69 Å². The molecule has 1 aromatic carbocycles. The second-order valence-electron chi connectivity index (χ2n) is 4.10. The molecular weight excluding hydrogens is 324 g/mol. The van der Waals surface area contributed by atoms with Crippen molar-refractivity contribution < 1.29 is 23.9 Å². The Hall–Kier alpha value is -2.54. The molecule has 0 fully saturated rings. The first-order valence-corrected chi connectivity index (χ1v) is 7.23. The van der Waals surface area contributed by atoms with Crippen molar-refractivity contribution in [1.82, 2.24) is 5.32 Å². The topological polar surface area (TPSA) is 93.7 Å². The fourth-order valence-electron chi connectivity index (χ4n) is 1.51. The summed E-state index contributed by atoms with van der Waals surface area (Å²) in [5.41, 5.74) is 0.493. The van der Waals surface area contributed by atoms with E-state index in [1.54, 1.807) is 13.8 Å². The van der Waals surface area contributed by atoms with E-state index in [1.807, 2.05) is 0 Å². The molecule has 0 aromatic heterocycles. The SMILES string of the molecule is CCOC(=O)/C=C/NC(=O)Nc1ccc(Cl)c(C(=O)OCC)c1. The number of halogens is 1. The van der Waals surface area contributed by atoms with Crippen molar-refractivity contribution in [3.63, 3.8) is 0 Å². The number of amides is 2. The normalized spacial score (nSPS) is 10.2. The van der Waals surface area contributed by atoms with Gasteiger partial charge in [0.05, 0.1) is 23.8 Å². The van der Waals surface area contributed by atoms with Crippen molar-refractivity contribution in [2.75, 3.05) is 18.5 Å². The molecule has 1 aromatic rings. The number of ether oxygens (including phenoxy) is 2. The predicted molar refractivity (Wildman–Crippen MR) is 85.3 cm³/mol. The second-order valence-corrected chi connectivity index (χ2v) is 4.51. The van der Waals surface area contributed by atoms with E-state index in [0.717, 1.165) is 12.3 Å². The Kier molecular flexibility index (Phi) is 7.62. The summed E-state index contributed by atoms with van der Waals surface area (Å²) >= 11 is 5.92. The molecule has 0 aliphatic carbocycles. The Labute approximate surface area is 138 Å². The van der Waals surface area contributed by atoms with Gasteiger partial charge in [0.1, 0.15) is 0 Å². The number of urea groups is 1. The zero-order valence-electron chi connectivity index (χ0n) is 12.7. The summed E-state index contributed by atoms with van der Waals surface area (Å²) in [6, 6.07) is 3.80. The fraction of sp³-hybridized carbons (Fsp3) is 0.267. The van der Waals surface area contributed by atoms with Crippen molar-refractivity contribution in [1.29, 1.82) is 0 Å². The largest absolute Gasteiger partial charge is 0.463 e. The van der Waals surface area contributed by atoms with Crippen molar-refractivity contribution in [3.8, 4) is 0 Å². The Bertz CT molecular complexity index is 616. The van der Waals surface area contributed by atoms with Crippen LogP contribution in [0.5, 0.6) is 0 Å². The summed E-state index contributed by atoms with van der Waals surface area (Å²) in [5.74, 6) is -1.15. The highest BCUT2D eigenvalue weighted by atomic mass is 35.5. The molecule has 0 heterocycles. The van der Waals surface area contributed by atoms with Gasteiger partial charge < -0.3 is 20.1 Å². The number of hydrogen-bond acceptors (Lipinski definition) is 5. The van der Waals surface area contributed by atoms with Gasteiger partial charge in [0.2, 0.25) is 0 Å². The molecule has 8 heteroatoms. The fourth-order valence-corrected chi connectivity index (χ4v) is 1.71. The van der Waals surface area contributed by atoms with Crippen LogP contribution in [-0.4, -0.2) is 31.2 Å². The smallest absolute Gasteiger partial charge is 0.339 e. The number of carbonyl (C=O) groups is 3. The predicted octanol–water partition coefficient (Wildman–Crippen LogP) is 2.72. The van der Waals surface area contributed by atoms with Crippen LogP contribution in [-0.2, 0) is 14.3 Å². The van der Waals surface area contributed by atoms with Gasteiger partial charge in [-0.05, 0) is 32.0 Å². The number of nitrogens with one attached hydrogen (secondary N) is 2. The van der Waals surface area contributed by atoms with Gasteiger partial charge in [-0.25, -0.2) is 14.4 Å². The van der Waals surface area contributed by atoms with Crippen LogP contribution >= 0.6 is 11.6 Å². The molecule has 0 aliphatic rings. The molecule has 2 amide bonds. The molecule has 7 nitrogen and oxygen atoms in total. The molecule has 0 aliphatic heterocycles. The number of anilines is 1. The average molecular weight is 341 g/mol. The van der Waals surface area contributed by atoms with Crippen LogP contribution in [0.25, 0.3) is 0 Å². The Morgan fingerprint density at radius 2 is 1.87 bits per heavy atom. The van der Waals surface area contributed by atoms with Crippen LogP contribution in [0.1, 0.15) is 24.2 Å². The van der Waals surface area contributed by atoms with E-state index in [4.69, 9.17) is 16.3 Å². The lowest BCUT2D eigenvalue weighted by Gasteiger charge is -2.08. The van der Waals surface area contributed by atoms with E-state index in [2.05, 4.69) is 15.4 Å². The first kappa shape index (κ1) is 18.5. The minimum Gasteiger partial charge on any atom is -0.463 e. The number of benzene rings is 1. The van der Waals surface area contributed by atoms with Crippen LogP contribution in [0, 0.1) is 0 Å². The Morgan fingerprint density at radius 1 is 1.17 bits per heavy atom. The highest BCUT2D eigenvalue weighted by Crippen LogP contribution is 2.21. The van der Waals surface area contributed by atoms with E-state index in [9.17, 15) is 14.4 Å². The molecule has 0 spiro atoms. The molecule has 124 valence electrons. The molecular formula is C15H17ClN2O5. The van der Waals surface area contributed by atoms with Crippen LogP contribution in [0.3, 0.4) is 0 Å². The van der Waals surface area contributed by atoms with Crippen LogP contribution in [0.15, 0.2) is 30.5 Å². The quantitative estimate of drug-likeness (QED) is 0.613. The van der Waals surface area contributed by atoms with Gasteiger partial charge in [0, 0.05) is 18.0 Å². The molecule has 0 bridgehead atoms. The Morgan fingerprint density at radius 3 is 2.52 bits per heavy atom. The third-order valence-corrected chi connectivity index (χ3v) is 2.77. The highest BCUT2D eigenvalue weighted by Gasteiger charge is 2.13. The van der Waals surface area contributed by atoms with Crippen LogP contribution in [0.2, 0.25) is 5.02 Å². The highest BCUT2D eigenvalue weighted by molar-refractivity contribution is 6.33. The van der Waals surface area contributed by atoms with Crippen molar-refractivity contribution in [2.45, 2.75) is 13.8 Å². The van der Waals surface area contributed by atoms with Gasteiger partial charge in [-0.1, -0.05) is 11.6 Å². The maximum atomic E-state index is 11.7. The lowest BCUT2D eigenvalue weighted by atomic mass is 10.2. The molecule has 1 rings (SSSR count). The number of carbonyl (C=O) groups excluding carboxylic acids is 3. The first-order valence-electron chi connectivity index (χ1n) is 6.85. The minimum absolute atomic E-state index is 0.147. The third-order valence-electron chi connectivity index (χ3n) is 2.44. The summed E-state index contributed by atoms with van der Waals surface area (Å²) in [4.78, 5) is 34.4. The van der Waals surface area contributed by atoms with Gasteiger partial charge in [0.25, 0.3) is 0 Å². The molecule has 0 saturated carbocycles. The second kappa shape index (κ2) is 9.47. The van der Waals surface area contributed by atoms with E-state index >= 15 is 0 Å². The summed E-state index contributed by atoms with van der Waals surface area (Å²) in [6.45, 7) is 3.81. The van der Waals surface area contributed by atoms with Crippen molar-refractivity contribution >= 4 is 35.3 Å².